The van der Waals surface area contributed by atoms with Crippen molar-refractivity contribution >= 4 is 35.1 Å². The molecule has 1 fully saturated rings. The molecule has 236 valence electrons. The summed E-state index contributed by atoms with van der Waals surface area (Å²) >= 11 is 6.16. The molecule has 1 atom stereocenters. The largest absolute Gasteiger partial charge is 0.461 e. The molecule has 0 aliphatic heterocycles. The molecule has 0 bridgehead atoms. The number of amides is 1. The van der Waals surface area contributed by atoms with E-state index in [2.05, 4.69) is 15.0 Å². The Hall–Kier alpha value is -4.40. The molecule has 10 nitrogen and oxygen atoms in total. The van der Waals surface area contributed by atoms with Crippen molar-refractivity contribution in [3.63, 3.8) is 0 Å². The van der Waals surface area contributed by atoms with Crippen LogP contribution in [0.1, 0.15) is 91.1 Å². The van der Waals surface area contributed by atoms with Crippen LogP contribution >= 0.6 is 11.6 Å². The number of hydrogen-bond acceptors (Lipinski definition) is 7. The number of esters is 2. The molecule has 1 heterocycles. The lowest BCUT2D eigenvalue weighted by Gasteiger charge is -2.32. The van der Waals surface area contributed by atoms with E-state index in [1.165, 1.54) is 23.1 Å². The highest BCUT2D eigenvalue weighted by Crippen LogP contribution is 2.29. The first-order chi connectivity index (χ1) is 21.5. The summed E-state index contributed by atoms with van der Waals surface area (Å²) in [5.74, 6) is -1.54. The predicted molar refractivity (Wildman–Crippen MR) is 171 cm³/mol. The molecule has 0 radical (unpaired) electrons. The number of carbonyl (C=O) groups is 3. The van der Waals surface area contributed by atoms with Crippen molar-refractivity contribution in [3.8, 4) is 0 Å². The number of halogens is 1. The van der Waals surface area contributed by atoms with Gasteiger partial charge in [0.05, 0.1) is 11.3 Å². The second kappa shape index (κ2) is 15.5. The first-order valence-corrected chi connectivity index (χ1v) is 15.5. The monoisotopic (exact) mass is 631 g/mol. The van der Waals surface area contributed by atoms with Crippen LogP contribution in [0.5, 0.6) is 0 Å². The molecule has 1 aromatic heterocycles. The Bertz CT molecular complexity index is 1530. The minimum Gasteiger partial charge on any atom is -0.461 e. The molecule has 0 saturated heterocycles. The minimum atomic E-state index is -1.04. The SMILES string of the molecule is CC(C)(C)OC(=O)c1ccc(CN(C(=O)c2ccc(Cl)cc2N=[N+]=[N-])[C@H](Cc2cccnc2)C(=O)OC2CCCCCC2)cc1. The summed E-state index contributed by atoms with van der Waals surface area (Å²) < 4.78 is 11.6. The van der Waals surface area contributed by atoms with Gasteiger partial charge in [0.2, 0.25) is 0 Å². The zero-order valence-electron chi connectivity index (χ0n) is 25.8. The number of pyridine rings is 1. The number of nitrogens with zero attached hydrogens (tertiary/aromatic N) is 5. The Morgan fingerprint density at radius 1 is 1.04 bits per heavy atom. The topological polar surface area (TPSA) is 135 Å². The molecular formula is C34H38ClN5O5. The first kappa shape index (κ1) is 33.5. The molecule has 0 N–H and O–H groups in total. The second-order valence-electron chi connectivity index (χ2n) is 12.1. The maximum atomic E-state index is 14.4. The Balaban J connectivity index is 1.74. The van der Waals surface area contributed by atoms with E-state index in [-0.39, 0.29) is 35.3 Å². The molecule has 1 aliphatic rings. The van der Waals surface area contributed by atoms with E-state index in [1.54, 1.807) is 63.5 Å². The molecule has 1 amide bonds. The number of aromatic nitrogens is 1. The van der Waals surface area contributed by atoms with Gasteiger partial charge in [-0.3, -0.25) is 9.78 Å². The van der Waals surface area contributed by atoms with Gasteiger partial charge in [-0.2, -0.15) is 0 Å². The average Bonchev–Trinajstić information content (AvgIpc) is 3.27. The van der Waals surface area contributed by atoms with Gasteiger partial charge in [-0.05, 0) is 99.5 Å². The molecule has 1 aliphatic carbocycles. The van der Waals surface area contributed by atoms with Crippen molar-refractivity contribution in [3.05, 3.63) is 105 Å². The van der Waals surface area contributed by atoms with E-state index in [0.717, 1.165) is 44.1 Å². The van der Waals surface area contributed by atoms with Gasteiger partial charge >= 0.3 is 11.9 Å². The second-order valence-corrected chi connectivity index (χ2v) is 12.6. The van der Waals surface area contributed by atoms with Gasteiger partial charge in [0.1, 0.15) is 17.7 Å². The van der Waals surface area contributed by atoms with Crippen LogP contribution in [0.25, 0.3) is 10.4 Å². The highest BCUT2D eigenvalue weighted by Gasteiger charge is 2.35. The third-order valence-electron chi connectivity index (χ3n) is 7.43. The van der Waals surface area contributed by atoms with Crippen molar-refractivity contribution in [2.75, 3.05) is 0 Å². The molecule has 3 aromatic rings. The number of rotatable bonds is 10. The fraction of sp³-hybridized carbons (Fsp3) is 0.412. The van der Waals surface area contributed by atoms with Gasteiger partial charge in [-0.1, -0.05) is 47.8 Å². The zero-order chi connectivity index (χ0) is 32.4. The van der Waals surface area contributed by atoms with E-state index >= 15 is 0 Å². The molecule has 2 aromatic carbocycles. The summed E-state index contributed by atoms with van der Waals surface area (Å²) in [5.41, 5.74) is 10.4. The summed E-state index contributed by atoms with van der Waals surface area (Å²) in [5, 5.41) is 3.99. The molecule has 0 unspecified atom stereocenters. The van der Waals surface area contributed by atoms with Gasteiger partial charge < -0.3 is 14.4 Å². The van der Waals surface area contributed by atoms with Crippen molar-refractivity contribution in [2.24, 2.45) is 5.11 Å². The van der Waals surface area contributed by atoms with Gasteiger partial charge in [0.15, 0.2) is 0 Å². The van der Waals surface area contributed by atoms with E-state index in [1.807, 2.05) is 6.07 Å². The number of hydrogen-bond donors (Lipinski definition) is 0. The Morgan fingerprint density at radius 2 is 1.76 bits per heavy atom. The Morgan fingerprint density at radius 3 is 2.38 bits per heavy atom. The van der Waals surface area contributed by atoms with Crippen LogP contribution in [0, 0.1) is 0 Å². The van der Waals surface area contributed by atoms with Crippen molar-refractivity contribution in [1.82, 2.24) is 9.88 Å². The summed E-state index contributed by atoms with van der Waals surface area (Å²) in [6.45, 7) is 5.37. The lowest BCUT2D eigenvalue weighted by Crippen LogP contribution is -2.47. The van der Waals surface area contributed by atoms with Crippen molar-refractivity contribution in [2.45, 2.75) is 90.0 Å². The lowest BCUT2D eigenvalue weighted by atomic mass is 10.0. The van der Waals surface area contributed by atoms with Crippen LogP contribution in [0.2, 0.25) is 5.02 Å². The summed E-state index contributed by atoms with van der Waals surface area (Å²) in [6.07, 6.45) is 8.85. The number of ether oxygens (including phenoxy) is 2. The van der Waals surface area contributed by atoms with Gasteiger partial charge in [-0.25, -0.2) is 9.59 Å². The lowest BCUT2D eigenvalue weighted by molar-refractivity contribution is -0.155. The van der Waals surface area contributed by atoms with Gasteiger partial charge in [0, 0.05) is 40.9 Å². The number of benzene rings is 2. The summed E-state index contributed by atoms with van der Waals surface area (Å²) in [4.78, 5) is 49.5. The van der Waals surface area contributed by atoms with Crippen LogP contribution in [0.3, 0.4) is 0 Å². The summed E-state index contributed by atoms with van der Waals surface area (Å²) in [7, 11) is 0. The molecule has 4 rings (SSSR count). The number of carbonyl (C=O) groups excluding carboxylic acids is 3. The maximum absolute atomic E-state index is 14.4. The van der Waals surface area contributed by atoms with Crippen LogP contribution in [0.15, 0.2) is 72.1 Å². The average molecular weight is 632 g/mol. The van der Waals surface area contributed by atoms with Crippen LogP contribution in [-0.4, -0.2) is 45.5 Å². The van der Waals surface area contributed by atoms with Crippen LogP contribution < -0.4 is 0 Å². The third-order valence-corrected chi connectivity index (χ3v) is 7.67. The predicted octanol–water partition coefficient (Wildman–Crippen LogP) is 8.15. The Kier molecular flexibility index (Phi) is 11.6. The fourth-order valence-corrected chi connectivity index (χ4v) is 5.41. The summed E-state index contributed by atoms with van der Waals surface area (Å²) in [6, 6.07) is 13.7. The maximum Gasteiger partial charge on any atom is 0.338 e. The minimum absolute atomic E-state index is 0.00351. The van der Waals surface area contributed by atoms with E-state index in [0.29, 0.717) is 11.1 Å². The van der Waals surface area contributed by atoms with Crippen LogP contribution in [-0.2, 0) is 27.2 Å². The van der Waals surface area contributed by atoms with Crippen LogP contribution in [0.4, 0.5) is 5.69 Å². The quantitative estimate of drug-likeness (QED) is 0.0728. The fourth-order valence-electron chi connectivity index (χ4n) is 5.24. The van der Waals surface area contributed by atoms with E-state index in [4.69, 9.17) is 21.1 Å². The smallest absolute Gasteiger partial charge is 0.338 e. The van der Waals surface area contributed by atoms with Gasteiger partial charge in [-0.15, -0.1) is 0 Å². The molecule has 45 heavy (non-hydrogen) atoms. The highest BCUT2D eigenvalue weighted by atomic mass is 35.5. The number of azide groups is 1. The first-order valence-electron chi connectivity index (χ1n) is 15.1. The molecule has 0 spiro atoms. The molecular weight excluding hydrogens is 594 g/mol. The normalized spacial score (nSPS) is 14.4. The van der Waals surface area contributed by atoms with Crippen molar-refractivity contribution in [1.29, 1.82) is 0 Å². The van der Waals surface area contributed by atoms with Gasteiger partial charge in [0.25, 0.3) is 5.91 Å². The van der Waals surface area contributed by atoms with E-state index in [9.17, 15) is 19.9 Å². The Labute approximate surface area is 268 Å². The third kappa shape index (κ3) is 9.80. The molecule has 1 saturated carbocycles. The molecule has 11 heteroatoms. The van der Waals surface area contributed by atoms with E-state index < -0.39 is 29.5 Å². The highest BCUT2D eigenvalue weighted by molar-refractivity contribution is 6.31. The van der Waals surface area contributed by atoms with Crippen molar-refractivity contribution < 1.29 is 23.9 Å². The zero-order valence-corrected chi connectivity index (χ0v) is 26.6. The standard InChI is InChI=1S/C34H38ClN5O5/c1-34(2,3)45-32(42)25-14-12-23(13-15-25)22-40(31(41)28-17-16-26(35)20-29(28)38-39-36)30(19-24-9-8-18-37-21-24)33(43)44-27-10-6-4-5-7-11-27/h8-9,12-18,20-21,27,30H,4-7,10-11,19,22H2,1-3H3/t30-/m1/s1.